The minimum atomic E-state index is -4.50. The Hall–Kier alpha value is -3.69. The molecule has 160 valence electrons. The number of carbonyl (C=O) groups is 2. The first-order valence-corrected chi connectivity index (χ1v) is 9.44. The highest BCUT2D eigenvalue weighted by molar-refractivity contribution is 5.96. The highest BCUT2D eigenvalue weighted by Gasteiger charge is 2.36. The van der Waals surface area contributed by atoms with Gasteiger partial charge in [-0.05, 0) is 30.3 Å². The van der Waals surface area contributed by atoms with E-state index in [4.69, 9.17) is 4.52 Å². The van der Waals surface area contributed by atoms with E-state index in [0.717, 1.165) is 12.1 Å². The molecule has 1 N–H and O–H groups in total. The Morgan fingerprint density at radius 1 is 1.16 bits per heavy atom. The summed E-state index contributed by atoms with van der Waals surface area (Å²) in [5.74, 6) is -0.611. The summed E-state index contributed by atoms with van der Waals surface area (Å²) >= 11 is 0. The van der Waals surface area contributed by atoms with Crippen molar-refractivity contribution in [2.24, 2.45) is 0 Å². The van der Waals surface area contributed by atoms with Crippen LogP contribution in [-0.2, 0) is 17.5 Å². The van der Waals surface area contributed by atoms with Crippen LogP contribution in [0.2, 0.25) is 0 Å². The monoisotopic (exact) mass is 430 g/mol. The number of carbonyl (C=O) groups excluding carboxylic acids is 2. The van der Waals surface area contributed by atoms with Gasteiger partial charge in [0.15, 0.2) is 5.82 Å². The molecule has 1 atom stereocenters. The molecule has 0 saturated carbocycles. The smallest absolute Gasteiger partial charge is 0.343 e. The molecule has 10 heteroatoms. The zero-order chi connectivity index (χ0) is 22.0. The molecule has 0 spiro atoms. The van der Waals surface area contributed by atoms with Crippen molar-refractivity contribution < 1.29 is 27.3 Å². The Labute approximate surface area is 174 Å². The van der Waals surface area contributed by atoms with E-state index < -0.39 is 17.7 Å². The van der Waals surface area contributed by atoms with Gasteiger partial charge >= 0.3 is 6.18 Å². The highest BCUT2D eigenvalue weighted by Crippen LogP contribution is 2.35. The standard InChI is InChI=1S/C21H17F3N4O3/c22-21(23,24)15-7-4-8-16(10-15)28-12-14(9-18(28)29)19-26-17(31-27-19)11-25-20(30)13-5-2-1-3-6-13/h1-8,10,14H,9,11-12H2,(H,25,30). The van der Waals surface area contributed by atoms with E-state index in [2.05, 4.69) is 15.5 Å². The number of halogens is 3. The molecule has 31 heavy (non-hydrogen) atoms. The third kappa shape index (κ3) is 4.57. The van der Waals surface area contributed by atoms with Gasteiger partial charge in [-0.2, -0.15) is 18.2 Å². The van der Waals surface area contributed by atoms with E-state index >= 15 is 0 Å². The summed E-state index contributed by atoms with van der Waals surface area (Å²) in [6.45, 7) is 0.147. The number of nitrogens with zero attached hydrogens (tertiary/aromatic N) is 3. The number of anilines is 1. The lowest BCUT2D eigenvalue weighted by molar-refractivity contribution is -0.137. The molecule has 1 saturated heterocycles. The van der Waals surface area contributed by atoms with Crippen molar-refractivity contribution in [3.05, 3.63) is 77.4 Å². The molecule has 1 aromatic heterocycles. The van der Waals surface area contributed by atoms with Crippen LogP contribution >= 0.6 is 0 Å². The lowest BCUT2D eigenvalue weighted by atomic mass is 10.1. The van der Waals surface area contributed by atoms with E-state index in [1.165, 1.54) is 17.0 Å². The minimum Gasteiger partial charge on any atom is -0.343 e. The second-order valence-corrected chi connectivity index (χ2v) is 7.05. The van der Waals surface area contributed by atoms with E-state index in [-0.39, 0.29) is 48.7 Å². The molecule has 2 aromatic carbocycles. The average Bonchev–Trinajstić information content (AvgIpc) is 3.39. The molecule has 0 radical (unpaired) electrons. The van der Waals surface area contributed by atoms with Crippen LogP contribution in [0, 0.1) is 0 Å². The van der Waals surface area contributed by atoms with Gasteiger partial charge in [-0.3, -0.25) is 9.59 Å². The fourth-order valence-corrected chi connectivity index (χ4v) is 3.33. The number of amides is 2. The van der Waals surface area contributed by atoms with Gasteiger partial charge < -0.3 is 14.7 Å². The second kappa shape index (κ2) is 8.21. The summed E-state index contributed by atoms with van der Waals surface area (Å²) in [4.78, 5) is 30.0. The lowest BCUT2D eigenvalue weighted by Crippen LogP contribution is -2.24. The molecular weight excluding hydrogens is 413 g/mol. The Morgan fingerprint density at radius 3 is 2.68 bits per heavy atom. The molecule has 1 unspecified atom stereocenters. The number of benzene rings is 2. The lowest BCUT2D eigenvalue weighted by Gasteiger charge is -2.18. The third-order valence-corrected chi connectivity index (χ3v) is 4.90. The van der Waals surface area contributed by atoms with Gasteiger partial charge in [0.25, 0.3) is 5.91 Å². The number of hydrogen-bond donors (Lipinski definition) is 1. The summed E-state index contributed by atoms with van der Waals surface area (Å²) in [7, 11) is 0. The Bertz CT molecular complexity index is 1100. The average molecular weight is 430 g/mol. The van der Waals surface area contributed by atoms with E-state index in [1.54, 1.807) is 30.3 Å². The molecule has 0 bridgehead atoms. The topological polar surface area (TPSA) is 88.3 Å². The summed E-state index contributed by atoms with van der Waals surface area (Å²) < 4.78 is 44.1. The fourth-order valence-electron chi connectivity index (χ4n) is 3.33. The van der Waals surface area contributed by atoms with Crippen molar-refractivity contribution in [1.82, 2.24) is 15.5 Å². The molecule has 7 nitrogen and oxygen atoms in total. The van der Waals surface area contributed by atoms with Gasteiger partial charge in [0.1, 0.15) is 0 Å². The number of nitrogens with one attached hydrogen (secondary N) is 1. The van der Waals surface area contributed by atoms with Gasteiger partial charge in [0, 0.05) is 30.1 Å². The van der Waals surface area contributed by atoms with Crippen LogP contribution in [0.25, 0.3) is 0 Å². The molecule has 2 amide bonds. The third-order valence-electron chi connectivity index (χ3n) is 4.90. The first kappa shape index (κ1) is 20.6. The van der Waals surface area contributed by atoms with Crippen LogP contribution in [-0.4, -0.2) is 28.5 Å². The first-order valence-electron chi connectivity index (χ1n) is 9.44. The van der Waals surface area contributed by atoms with Crippen LogP contribution < -0.4 is 10.2 Å². The highest BCUT2D eigenvalue weighted by atomic mass is 19.4. The molecule has 1 fully saturated rings. The summed E-state index contributed by atoms with van der Waals surface area (Å²) in [5.41, 5.74) is -0.168. The van der Waals surface area contributed by atoms with Gasteiger partial charge in [-0.1, -0.05) is 29.4 Å². The number of rotatable bonds is 5. The van der Waals surface area contributed by atoms with Crippen molar-refractivity contribution >= 4 is 17.5 Å². The van der Waals surface area contributed by atoms with Crippen molar-refractivity contribution in [3.8, 4) is 0 Å². The van der Waals surface area contributed by atoms with Crippen LogP contribution in [0.1, 0.15) is 40.0 Å². The quantitative estimate of drug-likeness (QED) is 0.669. The SMILES string of the molecule is O=C(NCc1nc(C2CC(=O)N(c3cccc(C(F)(F)F)c3)C2)no1)c1ccccc1. The summed E-state index contributed by atoms with van der Waals surface area (Å²) in [6.07, 6.45) is -4.45. The second-order valence-electron chi connectivity index (χ2n) is 7.05. The molecule has 2 heterocycles. The molecule has 1 aliphatic rings. The van der Waals surface area contributed by atoms with Gasteiger partial charge in [-0.25, -0.2) is 0 Å². The number of hydrogen-bond acceptors (Lipinski definition) is 5. The first-order chi connectivity index (χ1) is 14.8. The van der Waals surface area contributed by atoms with Gasteiger partial charge in [0.05, 0.1) is 12.1 Å². The normalized spacial score (nSPS) is 16.5. The zero-order valence-electron chi connectivity index (χ0n) is 16.1. The van der Waals surface area contributed by atoms with Gasteiger partial charge in [0.2, 0.25) is 11.8 Å². The number of alkyl halides is 3. The van der Waals surface area contributed by atoms with Crippen LogP contribution in [0.3, 0.4) is 0 Å². The molecular formula is C21H17F3N4O3. The maximum atomic E-state index is 13.0. The largest absolute Gasteiger partial charge is 0.416 e. The van der Waals surface area contributed by atoms with Crippen molar-refractivity contribution in [1.29, 1.82) is 0 Å². The van der Waals surface area contributed by atoms with E-state index in [1.807, 2.05) is 0 Å². The molecule has 3 aromatic rings. The Kier molecular flexibility index (Phi) is 5.45. The van der Waals surface area contributed by atoms with Crippen molar-refractivity contribution in [2.75, 3.05) is 11.4 Å². The van der Waals surface area contributed by atoms with Crippen LogP contribution in [0.5, 0.6) is 0 Å². The maximum absolute atomic E-state index is 13.0. The van der Waals surface area contributed by atoms with Crippen LogP contribution in [0.15, 0.2) is 59.1 Å². The Balaban J connectivity index is 1.41. The van der Waals surface area contributed by atoms with E-state index in [9.17, 15) is 22.8 Å². The van der Waals surface area contributed by atoms with E-state index in [0.29, 0.717) is 5.56 Å². The van der Waals surface area contributed by atoms with Crippen molar-refractivity contribution in [2.45, 2.75) is 25.1 Å². The zero-order valence-corrected chi connectivity index (χ0v) is 16.1. The van der Waals surface area contributed by atoms with Gasteiger partial charge in [-0.15, -0.1) is 0 Å². The molecule has 0 aliphatic carbocycles. The predicted molar refractivity (Wildman–Crippen MR) is 103 cm³/mol. The minimum absolute atomic E-state index is 0.0126. The predicted octanol–water partition coefficient (Wildman–Crippen LogP) is 3.54. The summed E-state index contributed by atoms with van der Waals surface area (Å²) in [5, 5.41) is 6.54. The Morgan fingerprint density at radius 2 is 1.94 bits per heavy atom. The summed E-state index contributed by atoms with van der Waals surface area (Å²) in [6, 6.07) is 13.2. The van der Waals surface area contributed by atoms with Crippen LogP contribution in [0.4, 0.5) is 18.9 Å². The maximum Gasteiger partial charge on any atom is 0.416 e. The number of aromatic nitrogens is 2. The van der Waals surface area contributed by atoms with Crippen molar-refractivity contribution in [3.63, 3.8) is 0 Å². The molecule has 4 rings (SSSR count). The molecule has 1 aliphatic heterocycles. The fraction of sp³-hybridized carbons (Fsp3) is 0.238.